The third kappa shape index (κ3) is 3.82. The van der Waals surface area contributed by atoms with Gasteiger partial charge in [0.05, 0.1) is 6.54 Å². The molecule has 2 aromatic carbocycles. The van der Waals surface area contributed by atoms with Gasteiger partial charge in [-0.2, -0.15) is 5.10 Å². The fourth-order valence-corrected chi connectivity index (χ4v) is 3.03. The summed E-state index contributed by atoms with van der Waals surface area (Å²) in [5.74, 6) is 0.0588. The van der Waals surface area contributed by atoms with Crippen molar-refractivity contribution in [3.8, 4) is 17.2 Å². The van der Waals surface area contributed by atoms with Crippen molar-refractivity contribution >= 4 is 5.91 Å². The van der Waals surface area contributed by atoms with Crippen LogP contribution in [0.25, 0.3) is 5.69 Å². The monoisotopic (exact) mass is 395 g/mol. The highest BCUT2D eigenvalue weighted by molar-refractivity contribution is 5.92. The molecule has 0 saturated carbocycles. The quantitative estimate of drug-likeness (QED) is 0.733. The summed E-state index contributed by atoms with van der Waals surface area (Å²) in [6, 6.07) is 14.5. The smallest absolute Gasteiger partial charge is 0.275 e. The second kappa shape index (κ2) is 7.75. The maximum Gasteiger partial charge on any atom is 0.275 e. The maximum absolute atomic E-state index is 14.1. The van der Waals surface area contributed by atoms with Gasteiger partial charge in [0.25, 0.3) is 5.91 Å². The van der Waals surface area contributed by atoms with Crippen LogP contribution in [-0.2, 0) is 0 Å². The minimum atomic E-state index is -0.664. The Labute approximate surface area is 165 Å². The van der Waals surface area contributed by atoms with Gasteiger partial charge in [-0.25, -0.2) is 9.07 Å². The summed E-state index contributed by atoms with van der Waals surface area (Å²) in [5.41, 5.74) is -0.299. The van der Waals surface area contributed by atoms with Gasteiger partial charge in [-0.15, -0.1) is 0 Å². The number of carbonyl (C=O) groups excluding carboxylic acids is 1. The van der Waals surface area contributed by atoms with E-state index < -0.39 is 23.3 Å². The van der Waals surface area contributed by atoms with E-state index in [9.17, 15) is 14.0 Å². The molecule has 0 fully saturated rings. The lowest BCUT2D eigenvalue weighted by atomic mass is 10.2. The number of para-hydroxylation sites is 3. The molecular formula is C21H18FN3O4. The van der Waals surface area contributed by atoms with E-state index in [1.165, 1.54) is 22.9 Å². The van der Waals surface area contributed by atoms with Crippen LogP contribution in [0.5, 0.6) is 11.5 Å². The molecule has 0 bridgehead atoms. The third-order valence-electron chi connectivity index (χ3n) is 4.46. The molecule has 3 aromatic rings. The van der Waals surface area contributed by atoms with Gasteiger partial charge in [0, 0.05) is 11.8 Å². The molecule has 1 aliphatic heterocycles. The largest absolute Gasteiger partial charge is 0.486 e. The number of nitrogens with zero attached hydrogens (tertiary/aromatic N) is 2. The van der Waals surface area contributed by atoms with Gasteiger partial charge in [-0.3, -0.25) is 9.59 Å². The van der Waals surface area contributed by atoms with Crippen LogP contribution in [0.1, 0.15) is 16.2 Å². The van der Waals surface area contributed by atoms with Crippen molar-refractivity contribution in [2.45, 2.75) is 13.0 Å². The third-order valence-corrected chi connectivity index (χ3v) is 4.46. The number of ether oxygens (including phenoxy) is 2. The molecule has 1 amide bonds. The van der Waals surface area contributed by atoms with E-state index in [0.29, 0.717) is 17.2 Å². The number of aryl methyl sites for hydroxylation is 1. The van der Waals surface area contributed by atoms with Crippen LogP contribution >= 0.6 is 0 Å². The second-order valence-electron chi connectivity index (χ2n) is 6.57. The van der Waals surface area contributed by atoms with Crippen LogP contribution in [0.3, 0.4) is 0 Å². The standard InChI is InChI=1S/C21H18FN3O4/c1-13-10-17(26)20(24-25(13)16-7-3-2-6-15(16)22)21(27)23-11-14-12-28-18-8-4-5-9-19(18)29-14/h2-10,14H,11-12H2,1H3,(H,23,27)/t14-/m0/s1. The average molecular weight is 395 g/mol. The van der Waals surface area contributed by atoms with E-state index >= 15 is 0 Å². The first-order valence-corrected chi connectivity index (χ1v) is 9.05. The molecule has 1 aromatic heterocycles. The fraction of sp³-hybridized carbons (Fsp3) is 0.190. The molecule has 2 heterocycles. The Hall–Kier alpha value is -3.68. The molecule has 1 N–H and O–H groups in total. The number of carbonyl (C=O) groups is 1. The van der Waals surface area contributed by atoms with Gasteiger partial charge in [-0.1, -0.05) is 24.3 Å². The van der Waals surface area contributed by atoms with Crippen molar-refractivity contribution < 1.29 is 18.7 Å². The molecule has 0 spiro atoms. The lowest BCUT2D eigenvalue weighted by Gasteiger charge is -2.26. The van der Waals surface area contributed by atoms with Crippen molar-refractivity contribution in [1.29, 1.82) is 0 Å². The number of amides is 1. The highest BCUT2D eigenvalue weighted by atomic mass is 19.1. The maximum atomic E-state index is 14.1. The zero-order valence-electron chi connectivity index (χ0n) is 15.6. The molecule has 29 heavy (non-hydrogen) atoms. The Morgan fingerprint density at radius 3 is 2.72 bits per heavy atom. The van der Waals surface area contributed by atoms with E-state index in [1.807, 2.05) is 12.1 Å². The number of nitrogens with one attached hydrogen (secondary N) is 1. The van der Waals surface area contributed by atoms with Crippen LogP contribution in [0.4, 0.5) is 4.39 Å². The fourth-order valence-electron chi connectivity index (χ4n) is 3.03. The zero-order chi connectivity index (χ0) is 20.4. The van der Waals surface area contributed by atoms with Gasteiger partial charge in [-0.05, 0) is 31.2 Å². The number of hydrogen-bond acceptors (Lipinski definition) is 5. The average Bonchev–Trinajstić information content (AvgIpc) is 2.73. The zero-order valence-corrected chi connectivity index (χ0v) is 15.6. The first-order valence-electron chi connectivity index (χ1n) is 9.05. The summed E-state index contributed by atoms with van der Waals surface area (Å²) in [5, 5.41) is 6.72. The van der Waals surface area contributed by atoms with E-state index in [4.69, 9.17) is 9.47 Å². The summed E-state index contributed by atoms with van der Waals surface area (Å²) >= 11 is 0. The number of fused-ring (bicyclic) bond motifs is 1. The van der Waals surface area contributed by atoms with Crippen LogP contribution < -0.4 is 20.2 Å². The lowest BCUT2D eigenvalue weighted by Crippen LogP contribution is -2.42. The normalized spacial score (nSPS) is 15.0. The number of benzene rings is 2. The highest BCUT2D eigenvalue weighted by Gasteiger charge is 2.23. The molecule has 0 unspecified atom stereocenters. The number of halogens is 1. The predicted molar refractivity (Wildman–Crippen MR) is 103 cm³/mol. The summed E-state index contributed by atoms with van der Waals surface area (Å²) in [6.07, 6.45) is -0.409. The molecular weight excluding hydrogens is 377 g/mol. The minimum Gasteiger partial charge on any atom is -0.486 e. The summed E-state index contributed by atoms with van der Waals surface area (Å²) in [6.45, 7) is 2.01. The molecule has 1 aliphatic rings. The van der Waals surface area contributed by atoms with Crippen LogP contribution in [0, 0.1) is 12.7 Å². The molecule has 8 heteroatoms. The van der Waals surface area contributed by atoms with Crippen LogP contribution in [0.15, 0.2) is 59.4 Å². The number of hydrogen-bond donors (Lipinski definition) is 1. The van der Waals surface area contributed by atoms with Gasteiger partial charge in [0.1, 0.15) is 24.2 Å². The van der Waals surface area contributed by atoms with E-state index in [0.717, 1.165) is 0 Å². The van der Waals surface area contributed by atoms with Crippen molar-refractivity contribution in [2.24, 2.45) is 0 Å². The SMILES string of the molecule is Cc1cc(=O)c(C(=O)NC[C@H]2COc3ccccc3O2)nn1-c1ccccc1F. The van der Waals surface area contributed by atoms with Crippen LogP contribution in [0.2, 0.25) is 0 Å². The number of rotatable bonds is 4. The predicted octanol–water partition coefficient (Wildman–Crippen LogP) is 2.25. The van der Waals surface area contributed by atoms with E-state index in [-0.39, 0.29) is 24.5 Å². The topological polar surface area (TPSA) is 82.5 Å². The minimum absolute atomic E-state index is 0.127. The first kappa shape index (κ1) is 18.7. The first-order chi connectivity index (χ1) is 14.0. The van der Waals surface area contributed by atoms with E-state index in [1.54, 1.807) is 31.2 Å². The van der Waals surface area contributed by atoms with Gasteiger partial charge >= 0.3 is 0 Å². The highest BCUT2D eigenvalue weighted by Crippen LogP contribution is 2.30. The summed E-state index contributed by atoms with van der Waals surface area (Å²) in [4.78, 5) is 24.8. The molecule has 0 saturated heterocycles. The molecule has 0 aliphatic carbocycles. The van der Waals surface area contributed by atoms with Crippen molar-refractivity contribution in [2.75, 3.05) is 13.2 Å². The Morgan fingerprint density at radius 2 is 1.93 bits per heavy atom. The van der Waals surface area contributed by atoms with Crippen LogP contribution in [-0.4, -0.2) is 34.9 Å². The van der Waals surface area contributed by atoms with Gasteiger partial charge in [0.15, 0.2) is 17.2 Å². The Morgan fingerprint density at radius 1 is 1.21 bits per heavy atom. The Balaban J connectivity index is 1.51. The van der Waals surface area contributed by atoms with Gasteiger partial charge in [0.2, 0.25) is 5.43 Å². The molecule has 4 rings (SSSR count). The van der Waals surface area contributed by atoms with Gasteiger partial charge < -0.3 is 14.8 Å². The number of aromatic nitrogens is 2. The lowest BCUT2D eigenvalue weighted by molar-refractivity contribution is 0.0784. The molecule has 1 atom stereocenters. The summed E-state index contributed by atoms with van der Waals surface area (Å²) in [7, 11) is 0. The molecule has 7 nitrogen and oxygen atoms in total. The van der Waals surface area contributed by atoms with Crippen molar-refractivity contribution in [3.05, 3.63) is 82.0 Å². The summed E-state index contributed by atoms with van der Waals surface area (Å²) < 4.78 is 26.8. The second-order valence-corrected chi connectivity index (χ2v) is 6.57. The van der Waals surface area contributed by atoms with Crippen molar-refractivity contribution in [3.63, 3.8) is 0 Å². The Bertz CT molecular complexity index is 1130. The molecule has 0 radical (unpaired) electrons. The molecule has 148 valence electrons. The van der Waals surface area contributed by atoms with E-state index in [2.05, 4.69) is 10.4 Å². The van der Waals surface area contributed by atoms with Crippen molar-refractivity contribution in [1.82, 2.24) is 15.1 Å². The Kier molecular flexibility index (Phi) is 4.99.